The summed E-state index contributed by atoms with van der Waals surface area (Å²) < 4.78 is 0. The SMILES string of the molecule is CCCCCCCCCCCCNc1cc(C)cc(C)c1. The summed E-state index contributed by atoms with van der Waals surface area (Å²) >= 11 is 0. The largest absolute Gasteiger partial charge is 0.385 e. The van der Waals surface area contributed by atoms with Crippen LogP contribution in [0.25, 0.3) is 0 Å². The number of anilines is 1. The summed E-state index contributed by atoms with van der Waals surface area (Å²) in [6.45, 7) is 7.73. The molecule has 0 atom stereocenters. The Hall–Kier alpha value is -0.980. The van der Waals surface area contributed by atoms with Gasteiger partial charge in [0.2, 0.25) is 0 Å². The van der Waals surface area contributed by atoms with Crippen LogP contribution in [0.3, 0.4) is 0 Å². The van der Waals surface area contributed by atoms with Crippen LogP contribution in [0.2, 0.25) is 0 Å². The highest BCUT2D eigenvalue weighted by molar-refractivity contribution is 5.48. The van der Waals surface area contributed by atoms with Gasteiger partial charge in [0.1, 0.15) is 0 Å². The lowest BCUT2D eigenvalue weighted by Gasteiger charge is -2.08. The van der Waals surface area contributed by atoms with Gasteiger partial charge in [0.15, 0.2) is 0 Å². The number of benzene rings is 1. The van der Waals surface area contributed by atoms with E-state index in [0.717, 1.165) is 6.54 Å². The molecule has 1 rings (SSSR count). The summed E-state index contributed by atoms with van der Waals surface area (Å²) in [4.78, 5) is 0. The fraction of sp³-hybridized carbons (Fsp3) is 0.700. The predicted octanol–water partition coefficient (Wildman–Crippen LogP) is 6.64. The van der Waals surface area contributed by atoms with Gasteiger partial charge >= 0.3 is 0 Å². The third kappa shape index (κ3) is 9.55. The second-order valence-electron chi connectivity index (χ2n) is 6.49. The minimum atomic E-state index is 1.11. The topological polar surface area (TPSA) is 12.0 Å². The van der Waals surface area contributed by atoms with Crippen molar-refractivity contribution in [2.24, 2.45) is 0 Å². The molecule has 0 aliphatic heterocycles. The van der Waals surface area contributed by atoms with Crippen LogP contribution < -0.4 is 5.32 Å². The lowest BCUT2D eigenvalue weighted by atomic mass is 10.1. The van der Waals surface area contributed by atoms with E-state index >= 15 is 0 Å². The Bertz CT molecular complexity index is 350. The van der Waals surface area contributed by atoms with Crippen molar-refractivity contribution in [3.63, 3.8) is 0 Å². The maximum atomic E-state index is 3.55. The monoisotopic (exact) mass is 289 g/mol. The van der Waals surface area contributed by atoms with Gasteiger partial charge in [-0.15, -0.1) is 0 Å². The minimum absolute atomic E-state index is 1.11. The molecule has 0 saturated heterocycles. The molecule has 1 nitrogen and oxygen atoms in total. The van der Waals surface area contributed by atoms with Crippen LogP contribution in [-0.4, -0.2) is 6.54 Å². The fourth-order valence-electron chi connectivity index (χ4n) is 2.92. The number of hydrogen-bond donors (Lipinski definition) is 1. The van der Waals surface area contributed by atoms with Crippen molar-refractivity contribution in [1.82, 2.24) is 0 Å². The van der Waals surface area contributed by atoms with Crippen molar-refractivity contribution < 1.29 is 0 Å². The molecule has 120 valence electrons. The van der Waals surface area contributed by atoms with Gasteiger partial charge in [0.25, 0.3) is 0 Å². The summed E-state index contributed by atoms with van der Waals surface area (Å²) in [6.07, 6.45) is 14.0. The minimum Gasteiger partial charge on any atom is -0.385 e. The highest BCUT2D eigenvalue weighted by atomic mass is 14.9. The van der Waals surface area contributed by atoms with Crippen molar-refractivity contribution in [2.45, 2.75) is 85.0 Å². The van der Waals surface area contributed by atoms with E-state index in [-0.39, 0.29) is 0 Å². The zero-order chi connectivity index (χ0) is 15.3. The van der Waals surface area contributed by atoms with E-state index in [4.69, 9.17) is 0 Å². The van der Waals surface area contributed by atoms with E-state index in [2.05, 4.69) is 44.3 Å². The van der Waals surface area contributed by atoms with Gasteiger partial charge in [-0.3, -0.25) is 0 Å². The molecule has 0 saturated carbocycles. The van der Waals surface area contributed by atoms with Crippen molar-refractivity contribution in [3.8, 4) is 0 Å². The standard InChI is InChI=1S/C20H35N/c1-4-5-6-7-8-9-10-11-12-13-14-21-20-16-18(2)15-19(3)17-20/h15-17,21H,4-14H2,1-3H3. The van der Waals surface area contributed by atoms with Gasteiger partial charge < -0.3 is 5.32 Å². The molecule has 0 bridgehead atoms. The van der Waals surface area contributed by atoms with Crippen molar-refractivity contribution >= 4 is 5.69 Å². The zero-order valence-electron chi connectivity index (χ0n) is 14.5. The Morgan fingerprint density at radius 2 is 1.14 bits per heavy atom. The van der Waals surface area contributed by atoms with E-state index in [1.54, 1.807) is 0 Å². The Labute approximate surface area is 132 Å². The van der Waals surface area contributed by atoms with Crippen LogP contribution in [-0.2, 0) is 0 Å². The molecular formula is C20H35N. The molecule has 0 heterocycles. The van der Waals surface area contributed by atoms with Gasteiger partial charge in [0.05, 0.1) is 0 Å². The van der Waals surface area contributed by atoms with Gasteiger partial charge in [-0.2, -0.15) is 0 Å². The maximum absolute atomic E-state index is 3.55. The maximum Gasteiger partial charge on any atom is 0.0345 e. The van der Waals surface area contributed by atoms with Gasteiger partial charge in [-0.1, -0.05) is 70.8 Å². The molecule has 21 heavy (non-hydrogen) atoms. The average molecular weight is 290 g/mol. The highest BCUT2D eigenvalue weighted by Gasteiger charge is 1.96. The Kier molecular flexibility index (Phi) is 10.0. The normalized spacial score (nSPS) is 10.8. The summed E-state index contributed by atoms with van der Waals surface area (Å²) in [5.41, 5.74) is 3.98. The summed E-state index contributed by atoms with van der Waals surface area (Å²) in [6, 6.07) is 6.71. The van der Waals surface area contributed by atoms with Crippen molar-refractivity contribution in [1.29, 1.82) is 0 Å². The smallest absolute Gasteiger partial charge is 0.0345 e. The third-order valence-electron chi connectivity index (χ3n) is 4.08. The van der Waals surface area contributed by atoms with E-state index in [0.29, 0.717) is 0 Å². The molecule has 0 unspecified atom stereocenters. The summed E-state index contributed by atoms with van der Waals surface area (Å²) in [5.74, 6) is 0. The number of unbranched alkanes of at least 4 members (excludes halogenated alkanes) is 9. The summed E-state index contributed by atoms with van der Waals surface area (Å²) in [7, 11) is 0. The van der Waals surface area contributed by atoms with E-state index in [1.165, 1.54) is 81.0 Å². The first-order valence-electron chi connectivity index (χ1n) is 9.04. The lowest BCUT2D eigenvalue weighted by molar-refractivity contribution is 0.560. The predicted molar refractivity (Wildman–Crippen MR) is 96.2 cm³/mol. The fourth-order valence-corrected chi connectivity index (χ4v) is 2.92. The number of hydrogen-bond acceptors (Lipinski definition) is 1. The molecule has 0 aliphatic rings. The van der Waals surface area contributed by atoms with E-state index in [1.807, 2.05) is 0 Å². The molecule has 0 radical (unpaired) electrons. The van der Waals surface area contributed by atoms with Crippen LogP contribution in [0.1, 0.15) is 82.3 Å². The first-order chi connectivity index (χ1) is 10.2. The van der Waals surface area contributed by atoms with Crippen LogP contribution in [0.5, 0.6) is 0 Å². The molecule has 1 aromatic carbocycles. The molecule has 1 heteroatoms. The van der Waals surface area contributed by atoms with E-state index in [9.17, 15) is 0 Å². The highest BCUT2D eigenvalue weighted by Crippen LogP contribution is 2.14. The first kappa shape index (κ1) is 18.1. The van der Waals surface area contributed by atoms with Crippen LogP contribution >= 0.6 is 0 Å². The molecule has 0 spiro atoms. The molecule has 0 amide bonds. The van der Waals surface area contributed by atoms with Crippen molar-refractivity contribution in [3.05, 3.63) is 29.3 Å². The number of nitrogens with one attached hydrogen (secondary N) is 1. The lowest BCUT2D eigenvalue weighted by Crippen LogP contribution is -2.01. The van der Waals surface area contributed by atoms with Gasteiger partial charge in [0, 0.05) is 12.2 Å². The van der Waals surface area contributed by atoms with E-state index < -0.39 is 0 Å². The van der Waals surface area contributed by atoms with Gasteiger partial charge in [-0.25, -0.2) is 0 Å². The molecular weight excluding hydrogens is 254 g/mol. The number of aryl methyl sites for hydroxylation is 2. The van der Waals surface area contributed by atoms with Crippen LogP contribution in [0.4, 0.5) is 5.69 Å². The second kappa shape index (κ2) is 11.7. The second-order valence-corrected chi connectivity index (χ2v) is 6.49. The quantitative estimate of drug-likeness (QED) is 0.425. The molecule has 1 aromatic rings. The molecule has 0 aliphatic carbocycles. The Morgan fingerprint density at radius 3 is 1.67 bits per heavy atom. The van der Waals surface area contributed by atoms with Crippen molar-refractivity contribution in [2.75, 3.05) is 11.9 Å². The van der Waals surface area contributed by atoms with Crippen LogP contribution in [0, 0.1) is 13.8 Å². The zero-order valence-corrected chi connectivity index (χ0v) is 14.5. The Morgan fingerprint density at radius 1 is 0.667 bits per heavy atom. The molecule has 1 N–H and O–H groups in total. The first-order valence-corrected chi connectivity index (χ1v) is 9.04. The number of rotatable bonds is 12. The van der Waals surface area contributed by atoms with Crippen LogP contribution in [0.15, 0.2) is 18.2 Å². The summed E-state index contributed by atoms with van der Waals surface area (Å²) in [5, 5.41) is 3.55. The average Bonchev–Trinajstić information content (AvgIpc) is 2.44. The Balaban J connectivity index is 1.93. The third-order valence-corrected chi connectivity index (χ3v) is 4.08. The molecule has 0 fully saturated rings. The molecule has 0 aromatic heterocycles. The van der Waals surface area contributed by atoms with Gasteiger partial charge in [-0.05, 0) is 43.5 Å².